The zero-order valence-electron chi connectivity index (χ0n) is 5.79. The molecular formula is C6H18N2O2S2. The van der Waals surface area contributed by atoms with Crippen molar-refractivity contribution in [1.82, 2.24) is 0 Å². The third-order valence-corrected chi connectivity index (χ3v) is 0.736. The van der Waals surface area contributed by atoms with Crippen LogP contribution in [0.4, 0.5) is 0 Å². The average Bonchev–Trinajstić information content (AvgIpc) is 1.89. The van der Waals surface area contributed by atoms with E-state index >= 15 is 0 Å². The normalized spacial score (nSPS) is 5.50. The molecule has 0 saturated carbocycles. The molecule has 0 aliphatic carbocycles. The molecule has 0 amide bonds. The second-order valence-corrected chi connectivity index (χ2v) is 1.85. The molecule has 0 fully saturated rings. The molecule has 12 heavy (non-hydrogen) atoms. The standard InChI is InChI=1S/2C2H5NOS.2CH4/c2*1-4-2(3)5;;/h2*1H3,(H2,3,5);2*1H4. The molecule has 76 valence electrons. The number of ether oxygens (including phenoxy) is 2. The van der Waals surface area contributed by atoms with Gasteiger partial charge in [0.2, 0.25) is 0 Å². The van der Waals surface area contributed by atoms with Crippen molar-refractivity contribution in [3.05, 3.63) is 0 Å². The Morgan fingerprint density at radius 2 is 1.00 bits per heavy atom. The first kappa shape index (κ1) is 22.5. The summed E-state index contributed by atoms with van der Waals surface area (Å²) in [5.74, 6) is 0. The summed E-state index contributed by atoms with van der Waals surface area (Å²) in [5, 5.41) is 0.176. The molecule has 0 heterocycles. The van der Waals surface area contributed by atoms with Crippen molar-refractivity contribution in [2.45, 2.75) is 14.9 Å². The van der Waals surface area contributed by atoms with Gasteiger partial charge in [-0.1, -0.05) is 14.9 Å². The van der Waals surface area contributed by atoms with E-state index < -0.39 is 0 Å². The van der Waals surface area contributed by atoms with Gasteiger partial charge in [0.25, 0.3) is 10.3 Å². The van der Waals surface area contributed by atoms with Crippen LogP contribution in [0.3, 0.4) is 0 Å². The van der Waals surface area contributed by atoms with E-state index in [-0.39, 0.29) is 25.2 Å². The molecule has 0 radical (unpaired) electrons. The van der Waals surface area contributed by atoms with Crippen LogP contribution in [0.1, 0.15) is 14.9 Å². The minimum Gasteiger partial charge on any atom is -0.475 e. The first-order valence-corrected chi connectivity index (χ1v) is 3.03. The van der Waals surface area contributed by atoms with Gasteiger partial charge in [-0.3, -0.25) is 0 Å². The van der Waals surface area contributed by atoms with Gasteiger partial charge in [0.05, 0.1) is 14.2 Å². The Bertz CT molecular complexity index is 106. The van der Waals surface area contributed by atoms with Gasteiger partial charge < -0.3 is 20.9 Å². The van der Waals surface area contributed by atoms with E-state index in [4.69, 9.17) is 11.5 Å². The molecular weight excluding hydrogens is 196 g/mol. The highest BCUT2D eigenvalue weighted by atomic mass is 32.1. The van der Waals surface area contributed by atoms with Gasteiger partial charge in [-0.25, -0.2) is 0 Å². The summed E-state index contributed by atoms with van der Waals surface area (Å²) in [4.78, 5) is 0. The zero-order valence-corrected chi connectivity index (χ0v) is 7.42. The Morgan fingerprint density at radius 1 is 0.917 bits per heavy atom. The van der Waals surface area contributed by atoms with E-state index in [0.717, 1.165) is 0 Å². The monoisotopic (exact) mass is 214 g/mol. The predicted octanol–water partition coefficient (Wildman–Crippen LogP) is 1.03. The number of hydrogen-bond acceptors (Lipinski definition) is 4. The van der Waals surface area contributed by atoms with Crippen molar-refractivity contribution in [3.63, 3.8) is 0 Å². The fraction of sp³-hybridized carbons (Fsp3) is 0.667. The van der Waals surface area contributed by atoms with Crippen molar-refractivity contribution in [1.29, 1.82) is 0 Å². The molecule has 0 spiro atoms. The summed E-state index contributed by atoms with van der Waals surface area (Å²) in [6.07, 6.45) is 0. The molecule has 4 N–H and O–H groups in total. The second-order valence-electron chi connectivity index (χ2n) is 1.05. The molecule has 0 aromatic heterocycles. The molecule has 0 unspecified atom stereocenters. The largest absolute Gasteiger partial charge is 0.475 e. The Balaban J connectivity index is -0.0000000457. The molecule has 0 aliphatic rings. The third kappa shape index (κ3) is 57.7. The van der Waals surface area contributed by atoms with Gasteiger partial charge in [-0.2, -0.15) is 0 Å². The highest BCUT2D eigenvalue weighted by molar-refractivity contribution is 7.80. The van der Waals surface area contributed by atoms with E-state index in [2.05, 4.69) is 33.9 Å². The lowest BCUT2D eigenvalue weighted by atomic mass is 11.3. The molecule has 0 rings (SSSR count). The van der Waals surface area contributed by atoms with Crippen molar-refractivity contribution >= 4 is 34.8 Å². The Morgan fingerprint density at radius 3 is 1.00 bits per heavy atom. The van der Waals surface area contributed by atoms with Crippen LogP contribution in [0, 0.1) is 0 Å². The summed E-state index contributed by atoms with van der Waals surface area (Å²) in [6, 6.07) is 0. The summed E-state index contributed by atoms with van der Waals surface area (Å²) in [5.41, 5.74) is 9.60. The van der Waals surface area contributed by atoms with E-state index in [1.54, 1.807) is 0 Å². The second kappa shape index (κ2) is 16.8. The van der Waals surface area contributed by atoms with Gasteiger partial charge in [0, 0.05) is 0 Å². The van der Waals surface area contributed by atoms with Gasteiger partial charge in [0.1, 0.15) is 0 Å². The van der Waals surface area contributed by atoms with Gasteiger partial charge in [-0.05, 0) is 24.4 Å². The Hall–Kier alpha value is -0.620. The summed E-state index contributed by atoms with van der Waals surface area (Å²) in [6.45, 7) is 0. The van der Waals surface area contributed by atoms with E-state index in [0.29, 0.717) is 0 Å². The first-order valence-electron chi connectivity index (χ1n) is 2.21. The van der Waals surface area contributed by atoms with E-state index in [1.165, 1.54) is 14.2 Å². The lowest BCUT2D eigenvalue weighted by Crippen LogP contribution is -2.08. The number of rotatable bonds is 0. The average molecular weight is 214 g/mol. The minimum atomic E-state index is 0. The summed E-state index contributed by atoms with van der Waals surface area (Å²) < 4.78 is 8.52. The van der Waals surface area contributed by atoms with Crippen LogP contribution in [0.25, 0.3) is 0 Å². The van der Waals surface area contributed by atoms with Crippen LogP contribution < -0.4 is 11.5 Å². The van der Waals surface area contributed by atoms with Crippen LogP contribution in [0.15, 0.2) is 0 Å². The predicted molar refractivity (Wildman–Crippen MR) is 61.1 cm³/mol. The van der Waals surface area contributed by atoms with Crippen LogP contribution >= 0.6 is 24.4 Å². The fourth-order valence-corrected chi connectivity index (χ4v) is 0. The van der Waals surface area contributed by atoms with Crippen LogP contribution in [0.5, 0.6) is 0 Å². The van der Waals surface area contributed by atoms with Crippen molar-refractivity contribution in [2.75, 3.05) is 14.2 Å². The molecule has 0 saturated heterocycles. The van der Waals surface area contributed by atoms with Crippen molar-refractivity contribution in [2.24, 2.45) is 11.5 Å². The maximum atomic E-state index is 4.80. The third-order valence-electron chi connectivity index (χ3n) is 0.402. The molecule has 0 aromatic rings. The summed E-state index contributed by atoms with van der Waals surface area (Å²) >= 11 is 8.50. The van der Waals surface area contributed by atoms with Crippen LogP contribution in [-0.2, 0) is 9.47 Å². The molecule has 4 nitrogen and oxygen atoms in total. The smallest absolute Gasteiger partial charge is 0.253 e. The molecule has 0 aliphatic heterocycles. The quantitative estimate of drug-likeness (QED) is 0.587. The maximum Gasteiger partial charge on any atom is 0.253 e. The fourth-order valence-electron chi connectivity index (χ4n) is 0. The lowest BCUT2D eigenvalue weighted by Gasteiger charge is -1.85. The zero-order chi connectivity index (χ0) is 8.57. The summed E-state index contributed by atoms with van der Waals surface area (Å²) in [7, 11) is 2.87. The molecule has 0 atom stereocenters. The number of methoxy groups -OCH3 is 2. The SMILES string of the molecule is C.C.COC(N)=S.COC(N)=S. The number of nitrogens with two attached hydrogens (primary N) is 2. The maximum absolute atomic E-state index is 4.80. The highest BCUT2D eigenvalue weighted by Crippen LogP contribution is 1.58. The first-order chi connectivity index (χ1) is 4.54. The number of hydrogen-bond donors (Lipinski definition) is 2. The lowest BCUT2D eigenvalue weighted by molar-refractivity contribution is 0.408. The molecule has 6 heteroatoms. The number of thiocarbonyl (C=S) groups is 2. The van der Waals surface area contributed by atoms with Gasteiger partial charge >= 0.3 is 0 Å². The van der Waals surface area contributed by atoms with E-state index in [9.17, 15) is 0 Å². The van der Waals surface area contributed by atoms with Gasteiger partial charge in [0.15, 0.2) is 0 Å². The Labute approximate surface area is 85.2 Å². The van der Waals surface area contributed by atoms with Crippen LogP contribution in [0.2, 0.25) is 0 Å². The topological polar surface area (TPSA) is 70.5 Å². The molecule has 0 bridgehead atoms. The van der Waals surface area contributed by atoms with Gasteiger partial charge in [-0.15, -0.1) is 0 Å². The van der Waals surface area contributed by atoms with Crippen molar-refractivity contribution in [3.8, 4) is 0 Å². The molecule has 0 aromatic carbocycles. The minimum absolute atomic E-state index is 0. The van der Waals surface area contributed by atoms with E-state index in [1.807, 2.05) is 0 Å². The van der Waals surface area contributed by atoms with Crippen LogP contribution in [-0.4, -0.2) is 24.6 Å². The van der Waals surface area contributed by atoms with Crippen molar-refractivity contribution < 1.29 is 9.47 Å². The Kier molecular flexibility index (Phi) is 31.5. The highest BCUT2D eigenvalue weighted by Gasteiger charge is 1.69.